The van der Waals surface area contributed by atoms with Crippen LogP contribution in [0.3, 0.4) is 0 Å². The van der Waals surface area contributed by atoms with Crippen molar-refractivity contribution in [3.63, 3.8) is 0 Å². The molecular weight excluding hydrogens is 260 g/mol. The first kappa shape index (κ1) is 16.2. The molecule has 2 atom stereocenters. The fourth-order valence-electron chi connectivity index (χ4n) is 3.16. The average molecular weight is 290 g/mol. The molecule has 1 N–H and O–H groups in total. The van der Waals surface area contributed by atoms with Gasteiger partial charge >= 0.3 is 0 Å². The van der Waals surface area contributed by atoms with E-state index >= 15 is 0 Å². The van der Waals surface area contributed by atoms with Gasteiger partial charge in [-0.3, -0.25) is 0 Å². The smallest absolute Gasteiger partial charge is 0.121 e. The molecule has 0 amide bonds. The van der Waals surface area contributed by atoms with E-state index < -0.39 is 0 Å². The maximum absolute atomic E-state index is 5.96. The highest BCUT2D eigenvalue weighted by atomic mass is 16.5. The minimum Gasteiger partial charge on any atom is -0.494 e. The second kappa shape index (κ2) is 8.28. The highest BCUT2D eigenvalue weighted by molar-refractivity contribution is 5.49. The topological polar surface area (TPSA) is 24.5 Å². The Hall–Kier alpha value is -1.22. The largest absolute Gasteiger partial charge is 0.494 e. The summed E-state index contributed by atoms with van der Waals surface area (Å²) in [6, 6.07) is 9.04. The Morgan fingerprint density at radius 1 is 1.29 bits per heavy atom. The van der Waals surface area contributed by atoms with E-state index in [1.165, 1.54) is 31.4 Å². The normalized spacial score (nSPS) is 21.5. The van der Waals surface area contributed by atoms with Crippen molar-refractivity contribution in [3.05, 3.63) is 24.3 Å². The molecule has 0 aliphatic heterocycles. The van der Waals surface area contributed by atoms with Crippen LogP contribution >= 0.6 is 0 Å². The Bertz CT molecular complexity index is 419. The summed E-state index contributed by atoms with van der Waals surface area (Å²) < 4.78 is 5.96. The third-order valence-corrected chi connectivity index (χ3v) is 4.41. The van der Waals surface area contributed by atoms with Gasteiger partial charge in [0.15, 0.2) is 0 Å². The lowest BCUT2D eigenvalue weighted by molar-refractivity contribution is 0.260. The maximum atomic E-state index is 5.96. The molecule has 0 radical (unpaired) electrons. The molecule has 118 valence electrons. The van der Waals surface area contributed by atoms with E-state index in [-0.39, 0.29) is 0 Å². The molecule has 2 rings (SSSR count). The quantitative estimate of drug-likeness (QED) is 0.790. The van der Waals surface area contributed by atoms with Crippen LogP contribution in [0.1, 0.15) is 39.0 Å². The molecule has 3 heteroatoms. The number of anilines is 1. The summed E-state index contributed by atoms with van der Waals surface area (Å²) in [6.45, 7) is 4.20. The molecule has 0 spiro atoms. The third-order valence-electron chi connectivity index (χ3n) is 4.41. The summed E-state index contributed by atoms with van der Waals surface area (Å²) in [5, 5.41) is 3.69. The van der Waals surface area contributed by atoms with Crippen molar-refractivity contribution in [1.82, 2.24) is 5.32 Å². The predicted molar refractivity (Wildman–Crippen MR) is 90.3 cm³/mol. The van der Waals surface area contributed by atoms with Crippen molar-refractivity contribution in [1.29, 1.82) is 0 Å². The fraction of sp³-hybridized carbons (Fsp3) is 0.667. The van der Waals surface area contributed by atoms with E-state index in [2.05, 4.69) is 55.5 Å². The molecule has 0 heterocycles. The predicted octanol–water partition coefficient (Wildman–Crippen LogP) is 3.69. The van der Waals surface area contributed by atoms with Crippen LogP contribution in [0.5, 0.6) is 5.75 Å². The maximum Gasteiger partial charge on any atom is 0.121 e. The van der Waals surface area contributed by atoms with E-state index in [0.29, 0.717) is 6.04 Å². The standard InChI is InChI=1S/C18H30N2O/c1-4-12-19-18-10-5-7-15(18)11-13-21-17-9-6-8-16(14-17)20(2)3/h6,8-9,14-15,18-19H,4-5,7,10-13H2,1-3H3. The van der Waals surface area contributed by atoms with Gasteiger partial charge in [0.1, 0.15) is 5.75 Å². The zero-order valence-corrected chi connectivity index (χ0v) is 13.8. The number of hydrogen-bond donors (Lipinski definition) is 1. The lowest BCUT2D eigenvalue weighted by Gasteiger charge is -2.21. The second-order valence-electron chi connectivity index (χ2n) is 6.28. The van der Waals surface area contributed by atoms with Crippen molar-refractivity contribution in [2.75, 3.05) is 32.1 Å². The molecule has 1 fully saturated rings. The van der Waals surface area contributed by atoms with Crippen molar-refractivity contribution < 1.29 is 4.74 Å². The fourth-order valence-corrected chi connectivity index (χ4v) is 3.16. The van der Waals surface area contributed by atoms with Gasteiger partial charge in [-0.1, -0.05) is 19.4 Å². The Labute approximate surface area is 129 Å². The second-order valence-corrected chi connectivity index (χ2v) is 6.28. The zero-order chi connectivity index (χ0) is 15.1. The summed E-state index contributed by atoms with van der Waals surface area (Å²) in [4.78, 5) is 2.11. The minimum absolute atomic E-state index is 0.710. The van der Waals surface area contributed by atoms with Gasteiger partial charge in [0.2, 0.25) is 0 Å². The van der Waals surface area contributed by atoms with E-state index in [4.69, 9.17) is 4.74 Å². The van der Waals surface area contributed by atoms with Crippen molar-refractivity contribution >= 4 is 5.69 Å². The van der Waals surface area contributed by atoms with E-state index in [1.807, 2.05) is 0 Å². The van der Waals surface area contributed by atoms with Gasteiger partial charge < -0.3 is 15.0 Å². The number of benzene rings is 1. The molecule has 2 unspecified atom stereocenters. The molecule has 1 aliphatic carbocycles. The van der Waals surface area contributed by atoms with Crippen LogP contribution in [0.15, 0.2) is 24.3 Å². The average Bonchev–Trinajstić information content (AvgIpc) is 2.93. The van der Waals surface area contributed by atoms with Gasteiger partial charge in [-0.15, -0.1) is 0 Å². The molecule has 1 aromatic carbocycles. The van der Waals surface area contributed by atoms with Gasteiger partial charge in [0, 0.05) is 31.9 Å². The van der Waals surface area contributed by atoms with Crippen molar-refractivity contribution in [2.24, 2.45) is 5.92 Å². The summed E-state index contributed by atoms with van der Waals surface area (Å²) in [6.07, 6.45) is 6.43. The zero-order valence-electron chi connectivity index (χ0n) is 13.8. The number of rotatable bonds is 8. The third kappa shape index (κ3) is 4.92. The van der Waals surface area contributed by atoms with Gasteiger partial charge in [-0.05, 0) is 50.3 Å². The molecule has 0 aromatic heterocycles. The van der Waals surface area contributed by atoms with Gasteiger partial charge in [-0.25, -0.2) is 0 Å². The Kier molecular flexibility index (Phi) is 6.37. The molecule has 3 nitrogen and oxygen atoms in total. The SMILES string of the molecule is CCCNC1CCCC1CCOc1cccc(N(C)C)c1. The van der Waals surface area contributed by atoms with Crippen LogP contribution in [-0.2, 0) is 0 Å². The van der Waals surface area contributed by atoms with Crippen molar-refractivity contribution in [3.8, 4) is 5.75 Å². The highest BCUT2D eigenvalue weighted by Crippen LogP contribution is 2.29. The summed E-state index contributed by atoms with van der Waals surface area (Å²) in [5.41, 5.74) is 1.19. The van der Waals surface area contributed by atoms with Crippen molar-refractivity contribution in [2.45, 2.75) is 45.1 Å². The number of hydrogen-bond acceptors (Lipinski definition) is 3. The lowest BCUT2D eigenvalue weighted by Crippen LogP contribution is -2.33. The van der Waals surface area contributed by atoms with Crippen LogP contribution in [-0.4, -0.2) is 33.3 Å². The lowest BCUT2D eigenvalue weighted by atomic mass is 10.00. The Morgan fingerprint density at radius 3 is 2.90 bits per heavy atom. The van der Waals surface area contributed by atoms with E-state index in [1.54, 1.807) is 0 Å². The number of ether oxygens (including phenoxy) is 1. The first-order valence-electron chi connectivity index (χ1n) is 8.34. The van der Waals surface area contributed by atoms with E-state index in [9.17, 15) is 0 Å². The molecule has 1 aliphatic rings. The van der Waals surface area contributed by atoms with Gasteiger partial charge in [0.05, 0.1) is 6.61 Å². The Balaban J connectivity index is 1.77. The summed E-state index contributed by atoms with van der Waals surface area (Å²) >= 11 is 0. The first-order chi connectivity index (χ1) is 10.2. The number of nitrogens with one attached hydrogen (secondary N) is 1. The van der Waals surface area contributed by atoms with Gasteiger partial charge in [0.25, 0.3) is 0 Å². The van der Waals surface area contributed by atoms with Crippen LogP contribution in [0.2, 0.25) is 0 Å². The first-order valence-corrected chi connectivity index (χ1v) is 8.34. The number of nitrogens with zero attached hydrogens (tertiary/aromatic N) is 1. The molecule has 21 heavy (non-hydrogen) atoms. The monoisotopic (exact) mass is 290 g/mol. The molecule has 0 saturated heterocycles. The highest BCUT2D eigenvalue weighted by Gasteiger charge is 2.26. The molecular formula is C18H30N2O. The summed E-state index contributed by atoms with van der Waals surface area (Å²) in [7, 11) is 4.11. The molecule has 1 saturated carbocycles. The molecule has 0 bridgehead atoms. The van der Waals surface area contributed by atoms with E-state index in [0.717, 1.165) is 31.2 Å². The minimum atomic E-state index is 0.710. The molecule has 1 aromatic rings. The summed E-state index contributed by atoms with van der Waals surface area (Å²) in [5.74, 6) is 1.77. The van der Waals surface area contributed by atoms with Crippen LogP contribution in [0, 0.1) is 5.92 Å². The Morgan fingerprint density at radius 2 is 2.14 bits per heavy atom. The van der Waals surface area contributed by atoms with Crippen LogP contribution in [0.25, 0.3) is 0 Å². The van der Waals surface area contributed by atoms with Crippen LogP contribution in [0.4, 0.5) is 5.69 Å². The van der Waals surface area contributed by atoms with Gasteiger partial charge in [-0.2, -0.15) is 0 Å². The van der Waals surface area contributed by atoms with Crippen LogP contribution < -0.4 is 15.0 Å².